The first kappa shape index (κ1) is 21.0. The zero-order valence-corrected chi connectivity index (χ0v) is 17.6. The second-order valence-corrected chi connectivity index (χ2v) is 8.02. The molecule has 1 aliphatic carbocycles. The Bertz CT molecular complexity index is 1040. The van der Waals surface area contributed by atoms with Crippen LogP contribution in [-0.4, -0.2) is 24.5 Å². The number of hydrogen-bond acceptors (Lipinski definition) is 5. The van der Waals surface area contributed by atoms with Gasteiger partial charge in [-0.1, -0.05) is 56.2 Å². The summed E-state index contributed by atoms with van der Waals surface area (Å²) in [5.41, 5.74) is 1.17. The van der Waals surface area contributed by atoms with Crippen LogP contribution < -0.4 is 10.1 Å². The quantitative estimate of drug-likeness (QED) is 0.551. The fraction of sp³-hybridized carbons (Fsp3) is 0.360. The molecule has 0 bridgehead atoms. The smallest absolute Gasteiger partial charge is 0.375 e. The van der Waals surface area contributed by atoms with E-state index >= 15 is 0 Å². The third-order valence-corrected chi connectivity index (χ3v) is 5.80. The minimum atomic E-state index is -0.672. The third-order valence-electron chi connectivity index (χ3n) is 5.80. The SMILES string of the molecule is C[C@@H]1CCCC[C@H]1NC(=O)COC(=O)c1oc2ccccc2c1COc1ccccc1. The van der Waals surface area contributed by atoms with E-state index in [1.54, 1.807) is 6.07 Å². The van der Waals surface area contributed by atoms with E-state index in [0.717, 1.165) is 24.6 Å². The fourth-order valence-corrected chi connectivity index (χ4v) is 4.05. The van der Waals surface area contributed by atoms with E-state index in [-0.39, 0.29) is 30.9 Å². The van der Waals surface area contributed by atoms with E-state index in [1.807, 2.05) is 48.5 Å². The molecule has 1 heterocycles. The summed E-state index contributed by atoms with van der Waals surface area (Å²) < 4.78 is 16.9. The average molecular weight is 421 g/mol. The first-order valence-corrected chi connectivity index (χ1v) is 10.8. The topological polar surface area (TPSA) is 77.8 Å². The number of para-hydroxylation sites is 2. The normalized spacial score (nSPS) is 18.5. The van der Waals surface area contributed by atoms with Crippen LogP contribution in [-0.2, 0) is 16.1 Å². The second-order valence-electron chi connectivity index (χ2n) is 8.02. The molecule has 0 radical (unpaired) electrons. The van der Waals surface area contributed by atoms with Gasteiger partial charge in [-0.25, -0.2) is 4.79 Å². The van der Waals surface area contributed by atoms with E-state index in [4.69, 9.17) is 13.9 Å². The summed E-state index contributed by atoms with van der Waals surface area (Å²) in [7, 11) is 0. The van der Waals surface area contributed by atoms with Gasteiger partial charge in [0.05, 0.1) is 5.56 Å². The van der Waals surface area contributed by atoms with Crippen molar-refractivity contribution < 1.29 is 23.5 Å². The molecule has 3 aromatic rings. The van der Waals surface area contributed by atoms with Gasteiger partial charge in [0.25, 0.3) is 5.91 Å². The predicted octanol–water partition coefficient (Wildman–Crippen LogP) is 4.86. The molecule has 0 unspecified atom stereocenters. The van der Waals surface area contributed by atoms with Crippen molar-refractivity contribution in [3.8, 4) is 5.75 Å². The van der Waals surface area contributed by atoms with E-state index in [0.29, 0.717) is 22.8 Å². The number of fused-ring (bicyclic) bond motifs is 1. The summed E-state index contributed by atoms with van der Waals surface area (Å²) in [5, 5.41) is 3.78. The van der Waals surface area contributed by atoms with Crippen molar-refractivity contribution in [2.45, 2.75) is 45.3 Å². The number of carbonyl (C=O) groups excluding carboxylic acids is 2. The standard InChI is InChI=1S/C25H27NO5/c1-17-9-5-7-13-21(17)26-23(27)16-30-25(28)24-20(15-29-18-10-3-2-4-11-18)19-12-6-8-14-22(19)31-24/h2-4,6,8,10-12,14,17,21H,5,7,9,13,15-16H2,1H3,(H,26,27)/t17-,21-/m1/s1. The van der Waals surface area contributed by atoms with Crippen molar-refractivity contribution >= 4 is 22.8 Å². The highest BCUT2D eigenvalue weighted by atomic mass is 16.5. The number of amides is 1. The number of esters is 1. The number of rotatable bonds is 7. The molecule has 1 fully saturated rings. The maximum absolute atomic E-state index is 12.8. The Labute approximate surface area is 181 Å². The van der Waals surface area contributed by atoms with Crippen molar-refractivity contribution in [3.05, 3.63) is 65.9 Å². The molecule has 162 valence electrons. The minimum absolute atomic E-state index is 0.0657. The highest BCUT2D eigenvalue weighted by Crippen LogP contribution is 2.28. The predicted molar refractivity (Wildman–Crippen MR) is 117 cm³/mol. The third kappa shape index (κ3) is 5.08. The molecular formula is C25H27NO5. The molecule has 6 nitrogen and oxygen atoms in total. The van der Waals surface area contributed by atoms with Gasteiger partial charge in [-0.15, -0.1) is 0 Å². The van der Waals surface area contributed by atoms with Gasteiger partial charge in [0.15, 0.2) is 6.61 Å². The molecule has 1 aliphatic rings. The maximum atomic E-state index is 12.8. The first-order chi connectivity index (χ1) is 15.1. The maximum Gasteiger partial charge on any atom is 0.375 e. The molecular weight excluding hydrogens is 394 g/mol. The van der Waals surface area contributed by atoms with Crippen LogP contribution in [0.25, 0.3) is 11.0 Å². The van der Waals surface area contributed by atoms with Crippen LogP contribution >= 0.6 is 0 Å². The molecule has 31 heavy (non-hydrogen) atoms. The van der Waals surface area contributed by atoms with Gasteiger partial charge in [0.1, 0.15) is 17.9 Å². The molecule has 2 atom stereocenters. The molecule has 0 saturated heterocycles. The average Bonchev–Trinajstić information content (AvgIpc) is 3.17. The van der Waals surface area contributed by atoms with E-state index in [1.165, 1.54) is 6.42 Å². The second kappa shape index (κ2) is 9.69. The molecule has 0 spiro atoms. The molecule has 1 saturated carbocycles. The molecule has 2 aromatic carbocycles. The number of nitrogens with one attached hydrogen (secondary N) is 1. The summed E-state index contributed by atoms with van der Waals surface area (Å²) in [6.45, 7) is 1.96. The van der Waals surface area contributed by atoms with Gasteiger partial charge in [-0.05, 0) is 37.0 Å². The van der Waals surface area contributed by atoms with Gasteiger partial charge >= 0.3 is 5.97 Å². The Morgan fingerprint density at radius 1 is 1.03 bits per heavy atom. The number of furan rings is 1. The largest absolute Gasteiger partial charge is 0.489 e. The Kier molecular flexibility index (Phi) is 6.55. The van der Waals surface area contributed by atoms with Crippen LogP contribution in [0.1, 0.15) is 48.7 Å². The molecule has 0 aliphatic heterocycles. The van der Waals surface area contributed by atoms with Gasteiger partial charge in [-0.3, -0.25) is 4.79 Å². The number of ether oxygens (including phenoxy) is 2. The van der Waals surface area contributed by atoms with Crippen molar-refractivity contribution in [2.75, 3.05) is 6.61 Å². The molecule has 1 aromatic heterocycles. The number of carbonyl (C=O) groups is 2. The lowest BCUT2D eigenvalue weighted by Gasteiger charge is -2.29. The first-order valence-electron chi connectivity index (χ1n) is 10.8. The summed E-state index contributed by atoms with van der Waals surface area (Å²) in [6, 6.07) is 16.9. The summed E-state index contributed by atoms with van der Waals surface area (Å²) in [6.07, 6.45) is 4.38. The lowest BCUT2D eigenvalue weighted by molar-refractivity contribution is -0.125. The highest BCUT2D eigenvalue weighted by Gasteiger charge is 2.25. The zero-order chi connectivity index (χ0) is 21.6. The number of benzene rings is 2. The fourth-order valence-electron chi connectivity index (χ4n) is 4.05. The van der Waals surface area contributed by atoms with Gasteiger partial charge < -0.3 is 19.2 Å². The van der Waals surface area contributed by atoms with E-state index < -0.39 is 5.97 Å². The van der Waals surface area contributed by atoms with Crippen LogP contribution in [0.4, 0.5) is 0 Å². The van der Waals surface area contributed by atoms with Crippen LogP contribution in [0.3, 0.4) is 0 Å². The van der Waals surface area contributed by atoms with Crippen LogP contribution in [0.2, 0.25) is 0 Å². The molecule has 4 rings (SSSR count). The van der Waals surface area contributed by atoms with Crippen molar-refractivity contribution in [2.24, 2.45) is 5.92 Å². The zero-order valence-electron chi connectivity index (χ0n) is 17.6. The Morgan fingerprint density at radius 3 is 2.58 bits per heavy atom. The van der Waals surface area contributed by atoms with Gasteiger partial charge in [-0.2, -0.15) is 0 Å². The summed E-state index contributed by atoms with van der Waals surface area (Å²) in [4.78, 5) is 25.1. The van der Waals surface area contributed by atoms with E-state index in [2.05, 4.69) is 12.2 Å². The lowest BCUT2D eigenvalue weighted by Crippen LogP contribution is -2.42. The molecule has 6 heteroatoms. The van der Waals surface area contributed by atoms with Crippen molar-refractivity contribution in [3.63, 3.8) is 0 Å². The Hall–Kier alpha value is -3.28. The van der Waals surface area contributed by atoms with Crippen LogP contribution in [0.5, 0.6) is 5.75 Å². The van der Waals surface area contributed by atoms with Crippen LogP contribution in [0.15, 0.2) is 59.0 Å². The summed E-state index contributed by atoms with van der Waals surface area (Å²) in [5.74, 6) is 0.231. The monoisotopic (exact) mass is 421 g/mol. The lowest BCUT2D eigenvalue weighted by atomic mass is 9.86. The molecule has 1 N–H and O–H groups in total. The van der Waals surface area contributed by atoms with Crippen molar-refractivity contribution in [1.82, 2.24) is 5.32 Å². The highest BCUT2D eigenvalue weighted by molar-refractivity contribution is 5.96. The molecule has 1 amide bonds. The minimum Gasteiger partial charge on any atom is -0.489 e. The van der Waals surface area contributed by atoms with Gasteiger partial charge in [0.2, 0.25) is 5.76 Å². The number of hydrogen-bond donors (Lipinski definition) is 1. The van der Waals surface area contributed by atoms with E-state index in [9.17, 15) is 9.59 Å². The summed E-state index contributed by atoms with van der Waals surface area (Å²) >= 11 is 0. The van der Waals surface area contributed by atoms with Crippen molar-refractivity contribution in [1.29, 1.82) is 0 Å². The Balaban J connectivity index is 1.43. The van der Waals surface area contributed by atoms with Gasteiger partial charge in [0, 0.05) is 11.4 Å². The van der Waals surface area contributed by atoms with Crippen LogP contribution in [0, 0.1) is 5.92 Å². The Morgan fingerprint density at radius 2 is 1.77 bits per heavy atom.